The van der Waals surface area contributed by atoms with E-state index in [2.05, 4.69) is 32.3 Å². The minimum Gasteiger partial charge on any atom is -0.375 e. The van der Waals surface area contributed by atoms with E-state index in [4.69, 9.17) is 0 Å². The Bertz CT molecular complexity index is 149. The molecular formula is C10H19N. The summed E-state index contributed by atoms with van der Waals surface area (Å²) in [5, 5.41) is 0. The average Bonchev–Trinajstić information content (AvgIpc) is 2.33. The van der Waals surface area contributed by atoms with Gasteiger partial charge in [-0.15, -0.1) is 0 Å². The molecule has 0 saturated carbocycles. The fourth-order valence-electron chi connectivity index (χ4n) is 1.68. The van der Waals surface area contributed by atoms with Gasteiger partial charge in [0.05, 0.1) is 0 Å². The predicted molar refractivity (Wildman–Crippen MR) is 49.3 cm³/mol. The molecule has 0 radical (unpaired) electrons. The molecule has 1 aliphatic heterocycles. The first-order valence-corrected chi connectivity index (χ1v) is 4.51. The van der Waals surface area contributed by atoms with Crippen molar-refractivity contribution < 1.29 is 0 Å². The van der Waals surface area contributed by atoms with E-state index in [9.17, 15) is 0 Å². The minimum atomic E-state index is 0.833. The molecule has 0 aromatic heterocycles. The van der Waals surface area contributed by atoms with Gasteiger partial charge >= 0.3 is 0 Å². The van der Waals surface area contributed by atoms with E-state index in [0.717, 1.165) is 11.8 Å². The van der Waals surface area contributed by atoms with Crippen molar-refractivity contribution in [3.05, 3.63) is 12.3 Å². The van der Waals surface area contributed by atoms with E-state index in [1.807, 2.05) is 0 Å². The van der Waals surface area contributed by atoms with Crippen LogP contribution in [0, 0.1) is 11.8 Å². The van der Waals surface area contributed by atoms with Crippen molar-refractivity contribution in [1.82, 2.24) is 4.90 Å². The highest BCUT2D eigenvalue weighted by Gasteiger charge is 2.23. The first-order chi connectivity index (χ1) is 5.11. The van der Waals surface area contributed by atoms with Crippen LogP contribution < -0.4 is 0 Å². The summed E-state index contributed by atoms with van der Waals surface area (Å²) in [6, 6.07) is 0. The molecule has 1 aliphatic rings. The number of allylic oxidation sites excluding steroid dienone is 1. The highest BCUT2D eigenvalue weighted by atomic mass is 15.1. The van der Waals surface area contributed by atoms with Crippen molar-refractivity contribution in [1.29, 1.82) is 0 Å². The molecule has 1 heterocycles. The fraction of sp³-hybridized carbons (Fsp3) is 0.800. The lowest BCUT2D eigenvalue weighted by Gasteiger charge is -2.19. The van der Waals surface area contributed by atoms with Crippen molar-refractivity contribution in [2.75, 3.05) is 13.1 Å². The molecular weight excluding hydrogens is 134 g/mol. The number of hydrogen-bond acceptors (Lipinski definition) is 1. The number of rotatable bonds is 2. The van der Waals surface area contributed by atoms with Gasteiger partial charge in [-0.1, -0.05) is 20.4 Å². The number of likely N-dealkylation sites (tertiary alicyclic amines) is 1. The van der Waals surface area contributed by atoms with Gasteiger partial charge in [-0.3, -0.25) is 0 Å². The molecule has 1 nitrogen and oxygen atoms in total. The zero-order valence-electron chi connectivity index (χ0n) is 7.93. The van der Waals surface area contributed by atoms with Crippen LogP contribution in [-0.4, -0.2) is 18.0 Å². The van der Waals surface area contributed by atoms with Crippen LogP contribution in [0.1, 0.15) is 27.2 Å². The maximum absolute atomic E-state index is 3.96. The summed E-state index contributed by atoms with van der Waals surface area (Å²) in [4.78, 5) is 2.39. The van der Waals surface area contributed by atoms with E-state index in [-0.39, 0.29) is 0 Å². The molecule has 1 fully saturated rings. The lowest BCUT2D eigenvalue weighted by molar-refractivity contribution is 0.358. The standard InChI is InChI=1S/C10H19N/c1-8(2)10-5-6-11(7-10)9(3)4/h8,10H,3,5-7H2,1-2,4H3. The summed E-state index contributed by atoms with van der Waals surface area (Å²) >= 11 is 0. The summed E-state index contributed by atoms with van der Waals surface area (Å²) in [7, 11) is 0. The largest absolute Gasteiger partial charge is 0.375 e. The Balaban J connectivity index is 2.41. The van der Waals surface area contributed by atoms with Crippen molar-refractivity contribution in [3.8, 4) is 0 Å². The lowest BCUT2D eigenvalue weighted by Crippen LogP contribution is -2.19. The molecule has 0 spiro atoms. The Morgan fingerprint density at radius 2 is 2.18 bits per heavy atom. The van der Waals surface area contributed by atoms with Gasteiger partial charge in [0.1, 0.15) is 0 Å². The molecule has 1 saturated heterocycles. The number of hydrogen-bond donors (Lipinski definition) is 0. The van der Waals surface area contributed by atoms with Crippen molar-refractivity contribution in [2.45, 2.75) is 27.2 Å². The fourth-order valence-corrected chi connectivity index (χ4v) is 1.68. The second-order valence-corrected chi connectivity index (χ2v) is 3.97. The average molecular weight is 153 g/mol. The zero-order chi connectivity index (χ0) is 8.43. The third-order valence-corrected chi connectivity index (χ3v) is 2.71. The van der Waals surface area contributed by atoms with Crippen LogP contribution in [0.2, 0.25) is 0 Å². The minimum absolute atomic E-state index is 0.833. The molecule has 1 unspecified atom stereocenters. The van der Waals surface area contributed by atoms with Crippen LogP contribution in [-0.2, 0) is 0 Å². The summed E-state index contributed by atoms with van der Waals surface area (Å²) in [5.74, 6) is 1.73. The molecule has 0 aromatic carbocycles. The van der Waals surface area contributed by atoms with E-state index < -0.39 is 0 Å². The summed E-state index contributed by atoms with van der Waals surface area (Å²) in [6.45, 7) is 13.1. The second-order valence-electron chi connectivity index (χ2n) is 3.97. The summed E-state index contributed by atoms with van der Waals surface area (Å²) < 4.78 is 0. The van der Waals surface area contributed by atoms with Crippen molar-refractivity contribution >= 4 is 0 Å². The van der Waals surface area contributed by atoms with Crippen molar-refractivity contribution in [3.63, 3.8) is 0 Å². The van der Waals surface area contributed by atoms with E-state index >= 15 is 0 Å². The van der Waals surface area contributed by atoms with Crippen LogP contribution in [0.4, 0.5) is 0 Å². The highest BCUT2D eigenvalue weighted by molar-refractivity contribution is 4.93. The van der Waals surface area contributed by atoms with Gasteiger partial charge in [0.15, 0.2) is 0 Å². The number of nitrogens with zero attached hydrogens (tertiary/aromatic N) is 1. The molecule has 64 valence electrons. The maximum Gasteiger partial charge on any atom is 0.0206 e. The summed E-state index contributed by atoms with van der Waals surface area (Å²) in [5.41, 5.74) is 1.23. The normalized spacial score (nSPS) is 24.7. The van der Waals surface area contributed by atoms with Gasteiger partial charge in [0, 0.05) is 18.8 Å². The third kappa shape index (κ3) is 1.98. The Morgan fingerprint density at radius 3 is 2.45 bits per heavy atom. The van der Waals surface area contributed by atoms with E-state index in [1.54, 1.807) is 0 Å². The Morgan fingerprint density at radius 1 is 1.55 bits per heavy atom. The molecule has 0 amide bonds. The topological polar surface area (TPSA) is 3.24 Å². The van der Waals surface area contributed by atoms with Gasteiger partial charge in [-0.2, -0.15) is 0 Å². The van der Waals surface area contributed by atoms with Crippen LogP contribution >= 0.6 is 0 Å². The monoisotopic (exact) mass is 153 g/mol. The Labute approximate surface area is 70.1 Å². The van der Waals surface area contributed by atoms with Crippen LogP contribution in [0.3, 0.4) is 0 Å². The Hall–Kier alpha value is -0.460. The van der Waals surface area contributed by atoms with Crippen LogP contribution in [0.25, 0.3) is 0 Å². The van der Waals surface area contributed by atoms with Gasteiger partial charge in [0.25, 0.3) is 0 Å². The molecule has 1 heteroatoms. The van der Waals surface area contributed by atoms with Gasteiger partial charge in [-0.25, -0.2) is 0 Å². The van der Waals surface area contributed by atoms with Crippen molar-refractivity contribution in [2.24, 2.45) is 11.8 Å². The van der Waals surface area contributed by atoms with Gasteiger partial charge in [0.2, 0.25) is 0 Å². The lowest BCUT2D eigenvalue weighted by atomic mass is 9.95. The molecule has 0 N–H and O–H groups in total. The van der Waals surface area contributed by atoms with Gasteiger partial charge < -0.3 is 4.90 Å². The Kier molecular flexibility index (Phi) is 2.58. The summed E-state index contributed by atoms with van der Waals surface area (Å²) in [6.07, 6.45) is 1.35. The molecule has 1 atom stereocenters. The molecule has 1 rings (SSSR count). The maximum atomic E-state index is 3.96. The SMILES string of the molecule is C=C(C)N1CCC(C(C)C)C1. The molecule has 11 heavy (non-hydrogen) atoms. The van der Waals surface area contributed by atoms with Crippen LogP contribution in [0.5, 0.6) is 0 Å². The second kappa shape index (κ2) is 3.29. The van der Waals surface area contributed by atoms with Crippen LogP contribution in [0.15, 0.2) is 12.3 Å². The van der Waals surface area contributed by atoms with Gasteiger partial charge in [-0.05, 0) is 25.2 Å². The highest BCUT2D eigenvalue weighted by Crippen LogP contribution is 2.25. The van der Waals surface area contributed by atoms with E-state index in [0.29, 0.717) is 0 Å². The molecule has 0 aromatic rings. The molecule has 0 aliphatic carbocycles. The predicted octanol–water partition coefficient (Wildman–Crippen LogP) is 2.50. The first-order valence-electron chi connectivity index (χ1n) is 4.51. The zero-order valence-corrected chi connectivity index (χ0v) is 7.93. The molecule has 0 bridgehead atoms. The third-order valence-electron chi connectivity index (χ3n) is 2.71. The first kappa shape index (κ1) is 8.63. The smallest absolute Gasteiger partial charge is 0.0206 e. The van der Waals surface area contributed by atoms with E-state index in [1.165, 1.54) is 25.2 Å². The quantitative estimate of drug-likeness (QED) is 0.589.